The molecule has 1 amide bonds. The molecular weight excluding hydrogens is 388 g/mol. The van der Waals surface area contributed by atoms with Crippen LogP contribution in [0.5, 0.6) is 17.2 Å². The van der Waals surface area contributed by atoms with Crippen molar-refractivity contribution in [1.82, 2.24) is 5.43 Å². The highest BCUT2D eigenvalue weighted by molar-refractivity contribution is 5.95. The van der Waals surface area contributed by atoms with Crippen LogP contribution < -0.4 is 19.6 Å². The van der Waals surface area contributed by atoms with Gasteiger partial charge in [-0.25, -0.2) is 10.2 Å². The summed E-state index contributed by atoms with van der Waals surface area (Å²) < 4.78 is 20.8. The number of carbonyl (C=O) groups is 2. The highest BCUT2D eigenvalue weighted by atomic mass is 16.7. The van der Waals surface area contributed by atoms with Gasteiger partial charge in [-0.3, -0.25) is 4.79 Å². The number of fused-ring (bicyclic) bond motifs is 1. The first-order valence-corrected chi connectivity index (χ1v) is 8.94. The summed E-state index contributed by atoms with van der Waals surface area (Å²) in [6, 6.07) is 15.0. The van der Waals surface area contributed by atoms with Crippen molar-refractivity contribution < 1.29 is 28.2 Å². The average Bonchev–Trinajstić information content (AvgIpc) is 3.44. The summed E-state index contributed by atoms with van der Waals surface area (Å²) in [6.45, 7) is 0.143. The second-order valence-electron chi connectivity index (χ2n) is 6.11. The van der Waals surface area contributed by atoms with Gasteiger partial charge in [-0.1, -0.05) is 0 Å². The van der Waals surface area contributed by atoms with Gasteiger partial charge >= 0.3 is 5.97 Å². The Hall–Kier alpha value is -4.33. The largest absolute Gasteiger partial charge is 0.465 e. The van der Waals surface area contributed by atoms with Crippen molar-refractivity contribution in [2.75, 3.05) is 6.79 Å². The number of furan rings is 1. The van der Waals surface area contributed by atoms with Crippen LogP contribution in [0.1, 0.15) is 21.7 Å². The Morgan fingerprint density at radius 3 is 2.67 bits per heavy atom. The first-order chi connectivity index (χ1) is 14.7. The van der Waals surface area contributed by atoms with E-state index in [9.17, 15) is 9.59 Å². The van der Waals surface area contributed by atoms with Crippen molar-refractivity contribution in [3.63, 3.8) is 0 Å². The van der Waals surface area contributed by atoms with Gasteiger partial charge in [0.05, 0.1) is 12.5 Å². The average molecular weight is 404 g/mol. The lowest BCUT2D eigenvalue weighted by Gasteiger charge is -2.02. The number of ether oxygens (including phenoxy) is 3. The van der Waals surface area contributed by atoms with E-state index in [-0.39, 0.29) is 12.7 Å². The maximum Gasteiger partial charge on any atom is 0.336 e. The number of rotatable bonds is 6. The Labute approximate surface area is 171 Å². The van der Waals surface area contributed by atoms with E-state index in [2.05, 4.69) is 10.5 Å². The van der Waals surface area contributed by atoms with Crippen LogP contribution >= 0.6 is 0 Å². The van der Waals surface area contributed by atoms with Gasteiger partial charge in [-0.05, 0) is 66.2 Å². The zero-order chi connectivity index (χ0) is 20.8. The molecule has 0 fully saturated rings. The maximum absolute atomic E-state index is 12.2. The van der Waals surface area contributed by atoms with E-state index in [1.54, 1.807) is 54.6 Å². The molecule has 1 aliphatic heterocycles. The SMILES string of the molecule is O=C(/C=C\c1ccco1)Oc1ccc(/C=N\NC(=O)c2ccc3c(c2)OCO3)cc1. The normalized spacial score (nSPS) is 12.4. The molecule has 8 nitrogen and oxygen atoms in total. The number of nitrogens with one attached hydrogen (secondary N) is 1. The van der Waals surface area contributed by atoms with E-state index in [4.69, 9.17) is 18.6 Å². The summed E-state index contributed by atoms with van der Waals surface area (Å²) in [7, 11) is 0. The maximum atomic E-state index is 12.2. The third kappa shape index (κ3) is 4.74. The van der Waals surface area contributed by atoms with Gasteiger partial charge < -0.3 is 18.6 Å². The lowest BCUT2D eigenvalue weighted by molar-refractivity contribution is -0.128. The minimum absolute atomic E-state index is 0.143. The van der Waals surface area contributed by atoms with E-state index < -0.39 is 5.97 Å². The number of hydrazone groups is 1. The molecule has 8 heteroatoms. The first kappa shape index (κ1) is 19.0. The van der Waals surface area contributed by atoms with Crippen molar-refractivity contribution in [3.05, 3.63) is 83.8 Å². The smallest absolute Gasteiger partial charge is 0.336 e. The molecule has 0 radical (unpaired) electrons. The number of hydrogen-bond donors (Lipinski definition) is 1. The standard InChI is InChI=1S/C22H16N2O6/c25-21(10-8-17-2-1-11-27-17)30-18-6-3-15(4-7-18)13-23-24-22(26)16-5-9-19-20(12-16)29-14-28-19/h1-13H,14H2,(H,24,26)/b10-8-,23-13-. The van der Waals surface area contributed by atoms with Crippen LogP contribution in [0, 0.1) is 0 Å². The second-order valence-corrected chi connectivity index (χ2v) is 6.11. The molecule has 0 aliphatic carbocycles. The molecule has 0 unspecified atom stereocenters. The van der Waals surface area contributed by atoms with Gasteiger partial charge in [-0.15, -0.1) is 0 Å². The second kappa shape index (κ2) is 8.78. The van der Waals surface area contributed by atoms with Gasteiger partial charge in [0.25, 0.3) is 5.91 Å². The highest BCUT2D eigenvalue weighted by Gasteiger charge is 2.15. The Balaban J connectivity index is 1.29. The van der Waals surface area contributed by atoms with Crippen LogP contribution in [0.25, 0.3) is 6.08 Å². The van der Waals surface area contributed by atoms with Crippen LogP contribution in [-0.2, 0) is 4.79 Å². The summed E-state index contributed by atoms with van der Waals surface area (Å²) in [4.78, 5) is 24.0. The topological polar surface area (TPSA) is 99.4 Å². The minimum atomic E-state index is -0.524. The van der Waals surface area contributed by atoms with Crippen LogP contribution in [-0.4, -0.2) is 24.9 Å². The molecule has 2 aromatic carbocycles. The van der Waals surface area contributed by atoms with Crippen molar-refractivity contribution in [2.45, 2.75) is 0 Å². The van der Waals surface area contributed by atoms with Crippen LogP contribution in [0.4, 0.5) is 0 Å². The molecule has 2 heterocycles. The fourth-order valence-electron chi connectivity index (χ4n) is 2.58. The summed E-state index contributed by atoms with van der Waals surface area (Å²) >= 11 is 0. The van der Waals surface area contributed by atoms with Gasteiger partial charge in [0.1, 0.15) is 11.5 Å². The zero-order valence-electron chi connectivity index (χ0n) is 15.6. The molecule has 0 saturated heterocycles. The number of esters is 1. The van der Waals surface area contributed by atoms with Crippen LogP contribution in [0.15, 0.2) is 76.5 Å². The third-order valence-electron chi connectivity index (χ3n) is 4.04. The zero-order valence-corrected chi connectivity index (χ0v) is 15.6. The van der Waals surface area contributed by atoms with Gasteiger partial charge in [0.2, 0.25) is 6.79 Å². The van der Waals surface area contributed by atoms with E-state index >= 15 is 0 Å². The Bertz CT molecular complexity index is 1100. The first-order valence-electron chi connectivity index (χ1n) is 8.94. The molecule has 0 atom stereocenters. The number of nitrogens with zero attached hydrogens (tertiary/aromatic N) is 1. The molecule has 4 rings (SSSR count). The molecule has 1 aromatic heterocycles. The van der Waals surface area contributed by atoms with Crippen LogP contribution in [0.2, 0.25) is 0 Å². The summed E-state index contributed by atoms with van der Waals surface area (Å²) in [5.74, 6) is 1.16. The summed E-state index contributed by atoms with van der Waals surface area (Å²) in [5.41, 5.74) is 3.56. The molecule has 0 spiro atoms. The summed E-state index contributed by atoms with van der Waals surface area (Å²) in [5, 5.41) is 3.93. The Morgan fingerprint density at radius 2 is 1.87 bits per heavy atom. The predicted octanol–water partition coefficient (Wildman–Crippen LogP) is 3.39. The number of amides is 1. The van der Waals surface area contributed by atoms with Crippen molar-refractivity contribution >= 4 is 24.2 Å². The number of hydrogen-bond acceptors (Lipinski definition) is 7. The fraction of sp³-hybridized carbons (Fsp3) is 0.0455. The third-order valence-corrected chi connectivity index (χ3v) is 4.04. The Morgan fingerprint density at radius 1 is 1.03 bits per heavy atom. The minimum Gasteiger partial charge on any atom is -0.465 e. The quantitative estimate of drug-likeness (QED) is 0.222. The fourth-order valence-corrected chi connectivity index (χ4v) is 2.58. The van der Waals surface area contributed by atoms with Crippen molar-refractivity contribution in [2.24, 2.45) is 5.10 Å². The van der Waals surface area contributed by atoms with E-state index in [0.717, 1.165) is 0 Å². The number of carbonyl (C=O) groups excluding carboxylic acids is 2. The molecule has 1 N–H and O–H groups in total. The van der Waals surface area contributed by atoms with Crippen molar-refractivity contribution in [1.29, 1.82) is 0 Å². The van der Waals surface area contributed by atoms with E-state index in [1.165, 1.54) is 24.6 Å². The Kier molecular flexibility index (Phi) is 5.56. The lowest BCUT2D eigenvalue weighted by atomic mass is 10.2. The summed E-state index contributed by atoms with van der Waals surface area (Å²) in [6.07, 6.45) is 5.79. The molecule has 30 heavy (non-hydrogen) atoms. The van der Waals surface area contributed by atoms with Crippen LogP contribution in [0.3, 0.4) is 0 Å². The van der Waals surface area contributed by atoms with E-state index in [0.29, 0.717) is 34.1 Å². The van der Waals surface area contributed by atoms with Gasteiger partial charge in [0.15, 0.2) is 11.5 Å². The highest BCUT2D eigenvalue weighted by Crippen LogP contribution is 2.32. The van der Waals surface area contributed by atoms with Gasteiger partial charge in [0, 0.05) is 11.6 Å². The number of benzene rings is 2. The molecule has 1 aliphatic rings. The van der Waals surface area contributed by atoms with E-state index in [1.807, 2.05) is 0 Å². The lowest BCUT2D eigenvalue weighted by Crippen LogP contribution is -2.17. The molecule has 150 valence electrons. The van der Waals surface area contributed by atoms with Crippen molar-refractivity contribution in [3.8, 4) is 17.2 Å². The molecule has 0 bridgehead atoms. The molecule has 3 aromatic rings. The molecule has 0 saturated carbocycles. The monoisotopic (exact) mass is 404 g/mol. The predicted molar refractivity (Wildman–Crippen MR) is 107 cm³/mol. The van der Waals surface area contributed by atoms with Gasteiger partial charge in [-0.2, -0.15) is 5.10 Å². The molecular formula is C22H16N2O6.